The summed E-state index contributed by atoms with van der Waals surface area (Å²) in [4.78, 5) is 12.4. The molecule has 1 unspecified atom stereocenters. The first-order chi connectivity index (χ1) is 20.1. The maximum atomic E-state index is 14.2. The predicted octanol–water partition coefficient (Wildman–Crippen LogP) is 7.51. The van der Waals surface area contributed by atoms with Gasteiger partial charge in [0.25, 0.3) is 0 Å². The van der Waals surface area contributed by atoms with Crippen LogP contribution in [0.3, 0.4) is 0 Å². The lowest BCUT2D eigenvalue weighted by Gasteiger charge is -2.40. The Morgan fingerprint density at radius 2 is 1.66 bits per heavy atom. The molecule has 202 valence electrons. The molecule has 7 nitrogen and oxygen atoms in total. The van der Waals surface area contributed by atoms with Crippen LogP contribution in [-0.2, 0) is 0 Å². The van der Waals surface area contributed by atoms with E-state index in [0.29, 0.717) is 24.0 Å². The van der Waals surface area contributed by atoms with Crippen LogP contribution in [-0.4, -0.2) is 28.1 Å². The van der Waals surface area contributed by atoms with E-state index in [0.717, 1.165) is 45.5 Å². The van der Waals surface area contributed by atoms with E-state index in [2.05, 4.69) is 28.4 Å². The number of amidine groups is 2. The standard InChI is InChI=1S/C33H27FN6O/c1-3-41-26-18-16-22(17-19-26)30-29-21(2)38-40(25-12-5-4-6-13-25)32(29)37-33-31(35-24-11-9-10-23(34)20-24)36-27-14-7-8-15-28(27)39(30)33/h4-20,30H,3H2,1-2H3,(H,35,36). The largest absolute Gasteiger partial charge is 0.494 e. The van der Waals surface area contributed by atoms with Crippen molar-refractivity contribution in [3.63, 3.8) is 0 Å². The molecule has 1 aromatic heterocycles. The second kappa shape index (κ2) is 10.1. The van der Waals surface area contributed by atoms with Crippen molar-refractivity contribution in [3.05, 3.63) is 126 Å². The van der Waals surface area contributed by atoms with Gasteiger partial charge in [-0.15, -0.1) is 0 Å². The summed E-state index contributed by atoms with van der Waals surface area (Å²) in [5.41, 5.74) is 6.15. The van der Waals surface area contributed by atoms with Gasteiger partial charge in [0.15, 0.2) is 17.5 Å². The number of para-hydroxylation sites is 3. The van der Waals surface area contributed by atoms with Crippen LogP contribution in [0.25, 0.3) is 5.69 Å². The molecule has 0 saturated heterocycles. The molecule has 0 aliphatic carbocycles. The van der Waals surface area contributed by atoms with Gasteiger partial charge in [0.05, 0.1) is 35.4 Å². The maximum absolute atomic E-state index is 14.2. The van der Waals surface area contributed by atoms with Crippen LogP contribution in [0, 0.1) is 12.7 Å². The monoisotopic (exact) mass is 542 g/mol. The number of benzene rings is 4. The summed E-state index contributed by atoms with van der Waals surface area (Å²) in [6.07, 6.45) is 0. The van der Waals surface area contributed by atoms with E-state index in [1.165, 1.54) is 12.1 Å². The van der Waals surface area contributed by atoms with Crippen molar-refractivity contribution >= 4 is 34.6 Å². The summed E-state index contributed by atoms with van der Waals surface area (Å²) in [6.45, 7) is 4.59. The molecule has 41 heavy (non-hydrogen) atoms. The summed E-state index contributed by atoms with van der Waals surface area (Å²) >= 11 is 0. The average molecular weight is 543 g/mol. The number of hydrogen-bond acceptors (Lipinski definition) is 6. The first kappa shape index (κ1) is 24.8. The Morgan fingerprint density at radius 3 is 2.44 bits per heavy atom. The SMILES string of the molecule is CCOc1ccc(C2c3c(C)nn(-c4ccccc4)c3N=C3C(Nc4cccc(F)c4)=Nc4ccccc4N32)cc1. The summed E-state index contributed by atoms with van der Waals surface area (Å²) in [7, 11) is 0. The normalized spacial score (nSPS) is 15.3. The molecule has 3 heterocycles. The first-order valence-electron chi connectivity index (χ1n) is 13.6. The third-order valence-electron chi connectivity index (χ3n) is 7.23. The smallest absolute Gasteiger partial charge is 0.179 e. The molecule has 0 bridgehead atoms. The van der Waals surface area contributed by atoms with Crippen molar-refractivity contribution in [3.8, 4) is 11.4 Å². The van der Waals surface area contributed by atoms with E-state index < -0.39 is 0 Å². The minimum absolute atomic E-state index is 0.258. The number of halogens is 1. The molecule has 8 heteroatoms. The zero-order valence-corrected chi connectivity index (χ0v) is 22.6. The third kappa shape index (κ3) is 4.34. The van der Waals surface area contributed by atoms with Crippen LogP contribution in [0.15, 0.2) is 113 Å². The Morgan fingerprint density at radius 1 is 0.878 bits per heavy atom. The highest BCUT2D eigenvalue weighted by Gasteiger charge is 2.41. The highest BCUT2D eigenvalue weighted by atomic mass is 19.1. The van der Waals surface area contributed by atoms with Crippen molar-refractivity contribution in [1.82, 2.24) is 9.78 Å². The zero-order valence-electron chi connectivity index (χ0n) is 22.6. The fourth-order valence-electron chi connectivity index (χ4n) is 5.48. The Balaban J connectivity index is 1.47. The van der Waals surface area contributed by atoms with Gasteiger partial charge in [0.2, 0.25) is 0 Å². The van der Waals surface area contributed by atoms with Crippen molar-refractivity contribution in [2.45, 2.75) is 19.9 Å². The molecule has 0 radical (unpaired) electrons. The first-order valence-corrected chi connectivity index (χ1v) is 13.6. The molecule has 4 aromatic carbocycles. The van der Waals surface area contributed by atoms with Gasteiger partial charge in [-0.3, -0.25) is 0 Å². The molecular formula is C33H27FN6O. The van der Waals surface area contributed by atoms with Crippen molar-refractivity contribution in [1.29, 1.82) is 0 Å². The third-order valence-corrected chi connectivity index (χ3v) is 7.23. The quantitative estimate of drug-likeness (QED) is 0.250. The fourth-order valence-corrected chi connectivity index (χ4v) is 5.48. The van der Waals surface area contributed by atoms with Gasteiger partial charge in [-0.1, -0.05) is 48.5 Å². The average Bonchev–Trinajstić information content (AvgIpc) is 3.33. The Labute approximate surface area is 237 Å². The van der Waals surface area contributed by atoms with Crippen LogP contribution < -0.4 is 15.0 Å². The number of fused-ring (bicyclic) bond motifs is 4. The van der Waals surface area contributed by atoms with Crippen LogP contribution in [0.4, 0.5) is 27.3 Å². The Hall–Kier alpha value is -5.24. The number of hydrogen-bond donors (Lipinski definition) is 1. The van der Waals surface area contributed by atoms with Crippen LogP contribution in [0.5, 0.6) is 5.75 Å². The van der Waals surface area contributed by atoms with E-state index in [9.17, 15) is 4.39 Å². The lowest BCUT2D eigenvalue weighted by molar-refractivity contribution is 0.340. The van der Waals surface area contributed by atoms with Gasteiger partial charge in [0.1, 0.15) is 11.6 Å². The Kier molecular flexibility index (Phi) is 6.08. The number of nitrogens with one attached hydrogen (secondary N) is 1. The molecule has 0 saturated carbocycles. The molecule has 0 fully saturated rings. The zero-order chi connectivity index (χ0) is 27.9. The van der Waals surface area contributed by atoms with E-state index in [1.54, 1.807) is 6.07 Å². The molecule has 5 aromatic rings. The molecule has 0 spiro atoms. The van der Waals surface area contributed by atoms with E-state index in [4.69, 9.17) is 19.8 Å². The molecule has 1 N–H and O–H groups in total. The number of aromatic nitrogens is 2. The molecule has 1 atom stereocenters. The Bertz CT molecular complexity index is 1810. The summed E-state index contributed by atoms with van der Waals surface area (Å²) < 4.78 is 21.8. The fraction of sp³-hybridized carbons (Fsp3) is 0.121. The number of aryl methyl sites for hydroxylation is 1. The second-order valence-corrected chi connectivity index (χ2v) is 9.86. The molecule has 0 amide bonds. The van der Waals surface area contributed by atoms with Crippen molar-refractivity contribution in [2.75, 3.05) is 16.8 Å². The van der Waals surface area contributed by atoms with Crippen molar-refractivity contribution in [2.24, 2.45) is 9.98 Å². The van der Waals surface area contributed by atoms with Gasteiger partial charge in [-0.05, 0) is 74.0 Å². The number of aliphatic imine (C=N–C) groups is 2. The van der Waals surface area contributed by atoms with E-state index >= 15 is 0 Å². The molecule has 2 aliphatic heterocycles. The van der Waals surface area contributed by atoms with Gasteiger partial charge in [-0.25, -0.2) is 19.1 Å². The maximum Gasteiger partial charge on any atom is 0.179 e. The van der Waals surface area contributed by atoms with Gasteiger partial charge in [-0.2, -0.15) is 5.10 Å². The predicted molar refractivity (Wildman–Crippen MR) is 161 cm³/mol. The summed E-state index contributed by atoms with van der Waals surface area (Å²) in [5.74, 6) is 2.35. The number of ether oxygens (including phenoxy) is 1. The number of anilines is 2. The van der Waals surface area contributed by atoms with Gasteiger partial charge in [0, 0.05) is 11.3 Å². The van der Waals surface area contributed by atoms with E-state index in [-0.39, 0.29) is 11.9 Å². The highest BCUT2D eigenvalue weighted by molar-refractivity contribution is 6.51. The topological polar surface area (TPSA) is 67.0 Å². The lowest BCUT2D eigenvalue weighted by atomic mass is 9.93. The summed E-state index contributed by atoms with van der Waals surface area (Å²) in [6, 6.07) is 32.3. The van der Waals surface area contributed by atoms with Crippen LogP contribution in [0.2, 0.25) is 0 Å². The lowest BCUT2D eigenvalue weighted by Crippen LogP contribution is -2.46. The molecule has 2 aliphatic rings. The highest BCUT2D eigenvalue weighted by Crippen LogP contribution is 2.48. The number of rotatable bonds is 5. The number of nitrogens with zero attached hydrogens (tertiary/aromatic N) is 5. The van der Waals surface area contributed by atoms with Gasteiger partial charge < -0.3 is 15.0 Å². The van der Waals surface area contributed by atoms with Crippen LogP contribution in [0.1, 0.15) is 29.8 Å². The summed E-state index contributed by atoms with van der Waals surface area (Å²) in [5, 5.41) is 8.31. The van der Waals surface area contributed by atoms with Gasteiger partial charge >= 0.3 is 0 Å². The molecular weight excluding hydrogens is 515 g/mol. The molecule has 7 rings (SSSR count). The van der Waals surface area contributed by atoms with Crippen molar-refractivity contribution < 1.29 is 9.13 Å². The van der Waals surface area contributed by atoms with E-state index in [1.807, 2.05) is 85.3 Å². The minimum Gasteiger partial charge on any atom is -0.494 e. The minimum atomic E-state index is -0.332. The van der Waals surface area contributed by atoms with Crippen LogP contribution >= 0.6 is 0 Å². The second-order valence-electron chi connectivity index (χ2n) is 9.86.